The van der Waals surface area contributed by atoms with Gasteiger partial charge in [0.2, 0.25) is 5.91 Å². The van der Waals surface area contributed by atoms with Crippen molar-refractivity contribution >= 4 is 27.7 Å². The summed E-state index contributed by atoms with van der Waals surface area (Å²) in [6.45, 7) is 0.357. The molecule has 0 aliphatic heterocycles. The molecule has 0 spiro atoms. The largest absolute Gasteiger partial charge is 0.484 e. The molecule has 0 aliphatic rings. The van der Waals surface area contributed by atoms with Gasteiger partial charge in [-0.2, -0.15) is 13.2 Å². The average molecular weight is 459 g/mol. The lowest BCUT2D eigenvalue weighted by molar-refractivity contribution is -0.153. The number of carbonyl (C=O) groups excluding carboxylic acids is 2. The molecule has 0 aromatic heterocycles. The Kier molecular flexibility index (Phi) is 7.45. The van der Waals surface area contributed by atoms with Crippen LogP contribution in [0, 0.1) is 0 Å². The summed E-state index contributed by atoms with van der Waals surface area (Å²) >= 11 is 3.28. The Morgan fingerprint density at radius 2 is 1.68 bits per heavy atom. The SMILES string of the molecule is C[C@H](NC(=O)c1ccc(Br)cc1)C(=O)NCc1ccc(OCC(F)(F)F)cc1. The van der Waals surface area contributed by atoms with Crippen molar-refractivity contribution in [1.82, 2.24) is 10.6 Å². The summed E-state index contributed by atoms with van der Waals surface area (Å²) in [4.78, 5) is 24.2. The smallest absolute Gasteiger partial charge is 0.422 e. The number of alkyl halides is 3. The van der Waals surface area contributed by atoms with Gasteiger partial charge in [0, 0.05) is 16.6 Å². The van der Waals surface area contributed by atoms with Gasteiger partial charge >= 0.3 is 6.18 Å². The van der Waals surface area contributed by atoms with Gasteiger partial charge in [-0.3, -0.25) is 9.59 Å². The maximum Gasteiger partial charge on any atom is 0.422 e. The van der Waals surface area contributed by atoms with Crippen LogP contribution in [0.15, 0.2) is 53.0 Å². The second kappa shape index (κ2) is 9.59. The predicted molar refractivity (Wildman–Crippen MR) is 101 cm³/mol. The van der Waals surface area contributed by atoms with Crippen molar-refractivity contribution in [3.8, 4) is 5.75 Å². The molecule has 2 amide bonds. The maximum absolute atomic E-state index is 12.1. The average Bonchev–Trinajstić information content (AvgIpc) is 2.65. The van der Waals surface area contributed by atoms with Crippen molar-refractivity contribution in [3.05, 3.63) is 64.1 Å². The number of ether oxygens (including phenoxy) is 1. The number of rotatable bonds is 7. The van der Waals surface area contributed by atoms with E-state index in [2.05, 4.69) is 31.3 Å². The number of benzene rings is 2. The highest BCUT2D eigenvalue weighted by atomic mass is 79.9. The lowest BCUT2D eigenvalue weighted by Gasteiger charge is -2.14. The second-order valence-corrected chi connectivity index (χ2v) is 6.88. The first kappa shape index (κ1) is 21.7. The maximum atomic E-state index is 12.1. The summed E-state index contributed by atoms with van der Waals surface area (Å²) in [7, 11) is 0. The van der Waals surface area contributed by atoms with Crippen molar-refractivity contribution in [3.63, 3.8) is 0 Å². The van der Waals surface area contributed by atoms with Gasteiger partial charge < -0.3 is 15.4 Å². The van der Waals surface area contributed by atoms with Crippen LogP contribution in [0.4, 0.5) is 13.2 Å². The van der Waals surface area contributed by atoms with Crippen LogP contribution in [0.2, 0.25) is 0 Å². The lowest BCUT2D eigenvalue weighted by atomic mass is 10.2. The molecule has 150 valence electrons. The molecule has 0 saturated carbocycles. The number of hydrogen-bond acceptors (Lipinski definition) is 3. The van der Waals surface area contributed by atoms with Gasteiger partial charge in [0.25, 0.3) is 5.91 Å². The molecule has 1 atom stereocenters. The van der Waals surface area contributed by atoms with Crippen molar-refractivity contribution in [1.29, 1.82) is 0 Å². The van der Waals surface area contributed by atoms with Crippen LogP contribution >= 0.6 is 15.9 Å². The van der Waals surface area contributed by atoms with Gasteiger partial charge in [-0.15, -0.1) is 0 Å². The third-order valence-corrected chi connectivity index (χ3v) is 4.17. The standard InChI is InChI=1S/C19H18BrF3N2O3/c1-12(25-18(27)14-4-6-15(20)7-5-14)17(26)24-10-13-2-8-16(9-3-13)28-11-19(21,22)23/h2-9,12H,10-11H2,1H3,(H,24,26)(H,25,27)/t12-/m0/s1. The molecule has 28 heavy (non-hydrogen) atoms. The van der Waals surface area contributed by atoms with E-state index in [-0.39, 0.29) is 24.1 Å². The van der Waals surface area contributed by atoms with E-state index in [0.29, 0.717) is 11.1 Å². The summed E-state index contributed by atoms with van der Waals surface area (Å²) in [6, 6.07) is 11.8. The third-order valence-electron chi connectivity index (χ3n) is 3.64. The van der Waals surface area contributed by atoms with Gasteiger partial charge in [-0.25, -0.2) is 0 Å². The summed E-state index contributed by atoms with van der Waals surface area (Å²) in [5.74, 6) is -0.674. The fourth-order valence-electron chi connectivity index (χ4n) is 2.16. The van der Waals surface area contributed by atoms with E-state index in [1.807, 2.05) is 0 Å². The lowest BCUT2D eigenvalue weighted by Crippen LogP contribution is -2.44. The summed E-state index contributed by atoms with van der Waals surface area (Å²) in [5.41, 5.74) is 1.11. The fourth-order valence-corrected chi connectivity index (χ4v) is 2.42. The molecule has 0 heterocycles. The van der Waals surface area contributed by atoms with E-state index < -0.39 is 18.8 Å². The van der Waals surface area contributed by atoms with Crippen LogP contribution in [0.25, 0.3) is 0 Å². The summed E-state index contributed by atoms with van der Waals surface area (Å²) in [6.07, 6.45) is -4.40. The Bertz CT molecular complexity index is 809. The molecule has 5 nitrogen and oxygen atoms in total. The number of nitrogens with one attached hydrogen (secondary N) is 2. The van der Waals surface area contributed by atoms with Crippen molar-refractivity contribution in [2.45, 2.75) is 25.7 Å². The molecular weight excluding hydrogens is 441 g/mol. The Morgan fingerprint density at radius 1 is 1.07 bits per heavy atom. The molecule has 9 heteroatoms. The number of halogens is 4. The molecule has 0 saturated heterocycles. The topological polar surface area (TPSA) is 67.4 Å². The van der Waals surface area contributed by atoms with E-state index >= 15 is 0 Å². The molecule has 2 N–H and O–H groups in total. The van der Waals surface area contributed by atoms with E-state index in [1.54, 1.807) is 43.3 Å². The van der Waals surface area contributed by atoms with Crippen molar-refractivity contribution in [2.24, 2.45) is 0 Å². The molecule has 0 aliphatic carbocycles. The van der Waals surface area contributed by atoms with Crippen molar-refractivity contribution < 1.29 is 27.5 Å². The summed E-state index contributed by atoms with van der Waals surface area (Å²) < 4.78 is 41.8. The zero-order chi connectivity index (χ0) is 20.7. The molecule has 0 fully saturated rings. The predicted octanol–water partition coefficient (Wildman–Crippen LogP) is 3.82. The van der Waals surface area contributed by atoms with Crippen LogP contribution in [-0.4, -0.2) is 30.6 Å². The van der Waals surface area contributed by atoms with Crippen LogP contribution in [0.1, 0.15) is 22.8 Å². The monoisotopic (exact) mass is 458 g/mol. The zero-order valence-corrected chi connectivity index (χ0v) is 16.4. The minimum absolute atomic E-state index is 0.0857. The van der Waals surface area contributed by atoms with E-state index in [4.69, 9.17) is 0 Å². The van der Waals surface area contributed by atoms with Gasteiger partial charge in [0.1, 0.15) is 11.8 Å². The van der Waals surface area contributed by atoms with Crippen LogP contribution in [0.5, 0.6) is 5.75 Å². The minimum atomic E-state index is -4.40. The molecule has 0 unspecified atom stereocenters. The number of carbonyl (C=O) groups is 2. The van der Waals surface area contributed by atoms with E-state index in [9.17, 15) is 22.8 Å². The van der Waals surface area contributed by atoms with Gasteiger partial charge in [0.15, 0.2) is 6.61 Å². The van der Waals surface area contributed by atoms with E-state index in [0.717, 1.165) is 4.47 Å². The first-order valence-corrected chi connectivity index (χ1v) is 9.06. The van der Waals surface area contributed by atoms with Gasteiger partial charge in [-0.1, -0.05) is 28.1 Å². The van der Waals surface area contributed by atoms with Crippen LogP contribution < -0.4 is 15.4 Å². The Hall–Kier alpha value is -2.55. The van der Waals surface area contributed by atoms with Gasteiger partial charge in [0.05, 0.1) is 0 Å². The molecule has 2 aromatic carbocycles. The molecular formula is C19H18BrF3N2O3. The zero-order valence-electron chi connectivity index (χ0n) is 14.8. The number of hydrogen-bond donors (Lipinski definition) is 2. The Labute approximate surface area is 168 Å². The Balaban J connectivity index is 1.80. The van der Waals surface area contributed by atoms with Crippen molar-refractivity contribution in [2.75, 3.05) is 6.61 Å². The second-order valence-electron chi connectivity index (χ2n) is 5.97. The summed E-state index contributed by atoms with van der Waals surface area (Å²) in [5, 5.41) is 5.26. The van der Waals surface area contributed by atoms with Crippen LogP contribution in [-0.2, 0) is 11.3 Å². The molecule has 2 rings (SSSR count). The highest BCUT2D eigenvalue weighted by Crippen LogP contribution is 2.18. The highest BCUT2D eigenvalue weighted by molar-refractivity contribution is 9.10. The molecule has 2 aromatic rings. The molecule has 0 radical (unpaired) electrons. The first-order chi connectivity index (χ1) is 13.1. The van der Waals surface area contributed by atoms with Gasteiger partial charge in [-0.05, 0) is 48.9 Å². The number of amides is 2. The molecule has 0 bridgehead atoms. The normalized spacial score (nSPS) is 12.2. The first-order valence-electron chi connectivity index (χ1n) is 8.27. The minimum Gasteiger partial charge on any atom is -0.484 e. The quantitative estimate of drug-likeness (QED) is 0.662. The van der Waals surface area contributed by atoms with E-state index in [1.165, 1.54) is 12.1 Å². The fraction of sp³-hybridized carbons (Fsp3) is 0.263. The third kappa shape index (κ3) is 7.22. The Morgan fingerprint density at radius 3 is 2.25 bits per heavy atom. The highest BCUT2D eigenvalue weighted by Gasteiger charge is 2.28. The van der Waals surface area contributed by atoms with Crippen LogP contribution in [0.3, 0.4) is 0 Å².